The van der Waals surface area contributed by atoms with Crippen molar-refractivity contribution in [2.75, 3.05) is 0 Å². The number of ketones is 1. The van der Waals surface area contributed by atoms with Gasteiger partial charge in [-0.3, -0.25) is 4.79 Å². The second-order valence-corrected chi connectivity index (χ2v) is 3.32. The van der Waals surface area contributed by atoms with E-state index in [2.05, 4.69) is 15.9 Å². The molecule has 0 saturated heterocycles. The molecule has 1 aromatic rings. The van der Waals surface area contributed by atoms with Crippen LogP contribution in [-0.2, 0) is 0 Å². The van der Waals surface area contributed by atoms with Crippen LogP contribution in [0.15, 0.2) is 10.5 Å². The Balaban J connectivity index is 3.53. The molecule has 1 aromatic carbocycles. The Morgan fingerprint density at radius 1 is 1.46 bits per heavy atom. The normalized spacial score (nSPS) is 10.1. The maximum atomic E-state index is 12.7. The average molecular weight is 249 g/mol. The Bertz CT molecular complexity index is 376. The van der Waals surface area contributed by atoms with Crippen LogP contribution in [0.1, 0.15) is 17.3 Å². The minimum absolute atomic E-state index is 0.118. The zero-order valence-corrected chi connectivity index (χ0v) is 8.22. The number of rotatable bonds is 1. The summed E-state index contributed by atoms with van der Waals surface area (Å²) in [5, 5.41) is 18.2. The van der Waals surface area contributed by atoms with Crippen molar-refractivity contribution in [3.8, 4) is 11.5 Å². The SMILES string of the molecule is CC(=O)c1c(Br)cc(F)c(O)c1O. The number of halogens is 2. The highest BCUT2D eigenvalue weighted by Gasteiger charge is 2.18. The molecule has 70 valence electrons. The maximum Gasteiger partial charge on any atom is 0.194 e. The first kappa shape index (κ1) is 9.98. The van der Waals surface area contributed by atoms with Gasteiger partial charge in [0.25, 0.3) is 0 Å². The zero-order chi connectivity index (χ0) is 10.2. The van der Waals surface area contributed by atoms with Crippen molar-refractivity contribution in [1.82, 2.24) is 0 Å². The van der Waals surface area contributed by atoms with E-state index in [-0.39, 0.29) is 10.0 Å². The summed E-state index contributed by atoms with van der Waals surface area (Å²) >= 11 is 2.90. The largest absolute Gasteiger partial charge is 0.504 e. The number of carbonyl (C=O) groups excluding carboxylic acids is 1. The summed E-state index contributed by atoms with van der Waals surface area (Å²) in [6.07, 6.45) is 0. The van der Waals surface area contributed by atoms with Crippen molar-refractivity contribution in [2.24, 2.45) is 0 Å². The smallest absolute Gasteiger partial charge is 0.194 e. The fraction of sp³-hybridized carbons (Fsp3) is 0.125. The molecular weight excluding hydrogens is 243 g/mol. The van der Waals surface area contributed by atoms with Gasteiger partial charge < -0.3 is 10.2 Å². The van der Waals surface area contributed by atoms with Crippen LogP contribution < -0.4 is 0 Å². The second kappa shape index (κ2) is 3.33. The molecule has 0 fully saturated rings. The highest BCUT2D eigenvalue weighted by atomic mass is 79.9. The molecule has 0 aliphatic rings. The van der Waals surface area contributed by atoms with Crippen molar-refractivity contribution < 1.29 is 19.4 Å². The van der Waals surface area contributed by atoms with Gasteiger partial charge in [0.15, 0.2) is 23.1 Å². The van der Waals surface area contributed by atoms with Crippen LogP contribution in [0.4, 0.5) is 4.39 Å². The van der Waals surface area contributed by atoms with Gasteiger partial charge in [-0.1, -0.05) is 0 Å². The lowest BCUT2D eigenvalue weighted by Crippen LogP contribution is -1.96. The summed E-state index contributed by atoms with van der Waals surface area (Å²) in [5.74, 6) is -3.08. The number of hydrogen-bond acceptors (Lipinski definition) is 3. The third-order valence-corrected chi connectivity index (χ3v) is 2.16. The quantitative estimate of drug-likeness (QED) is 0.592. The third kappa shape index (κ3) is 1.65. The molecular formula is C8H6BrFO3. The fourth-order valence-corrected chi connectivity index (χ4v) is 1.60. The predicted molar refractivity (Wildman–Crippen MR) is 47.4 cm³/mol. The molecule has 0 atom stereocenters. The van der Waals surface area contributed by atoms with Gasteiger partial charge in [0.1, 0.15) is 0 Å². The van der Waals surface area contributed by atoms with Gasteiger partial charge in [-0.25, -0.2) is 4.39 Å². The molecule has 1 rings (SSSR count). The first-order valence-corrected chi connectivity index (χ1v) is 4.15. The molecule has 0 radical (unpaired) electrons. The molecule has 0 heterocycles. The molecule has 0 aromatic heterocycles. The van der Waals surface area contributed by atoms with Crippen molar-refractivity contribution in [1.29, 1.82) is 0 Å². The Morgan fingerprint density at radius 3 is 2.46 bits per heavy atom. The van der Waals surface area contributed by atoms with Crippen molar-refractivity contribution >= 4 is 21.7 Å². The highest BCUT2D eigenvalue weighted by Crippen LogP contribution is 2.36. The van der Waals surface area contributed by atoms with Crippen LogP contribution in [0.5, 0.6) is 11.5 Å². The summed E-state index contributed by atoms with van der Waals surface area (Å²) in [7, 11) is 0. The van der Waals surface area contributed by atoms with E-state index in [1.54, 1.807) is 0 Å². The lowest BCUT2D eigenvalue weighted by atomic mass is 10.1. The fourth-order valence-electron chi connectivity index (χ4n) is 0.931. The summed E-state index contributed by atoms with van der Waals surface area (Å²) in [5.41, 5.74) is -0.126. The zero-order valence-electron chi connectivity index (χ0n) is 6.64. The Hall–Kier alpha value is -1.10. The van der Waals surface area contributed by atoms with Crippen LogP contribution >= 0.6 is 15.9 Å². The van der Waals surface area contributed by atoms with E-state index in [9.17, 15) is 14.3 Å². The highest BCUT2D eigenvalue weighted by molar-refractivity contribution is 9.10. The standard InChI is InChI=1S/C8H6BrFO3/c1-3(11)6-4(9)2-5(10)7(12)8(6)13/h2,12-13H,1H3. The number of benzene rings is 1. The van der Waals surface area contributed by atoms with Gasteiger partial charge in [-0.05, 0) is 28.9 Å². The van der Waals surface area contributed by atoms with Gasteiger partial charge in [-0.15, -0.1) is 0 Å². The summed E-state index contributed by atoms with van der Waals surface area (Å²) in [6.45, 7) is 1.21. The monoisotopic (exact) mass is 248 g/mol. The minimum atomic E-state index is -0.977. The molecule has 0 aliphatic carbocycles. The lowest BCUT2D eigenvalue weighted by molar-refractivity contribution is 0.101. The molecule has 2 N–H and O–H groups in total. The van der Waals surface area contributed by atoms with Gasteiger partial charge in [0.05, 0.1) is 5.56 Å². The topological polar surface area (TPSA) is 57.5 Å². The molecule has 0 spiro atoms. The Kier molecular flexibility index (Phi) is 2.56. The van der Waals surface area contributed by atoms with E-state index < -0.39 is 23.1 Å². The van der Waals surface area contributed by atoms with Gasteiger partial charge in [0.2, 0.25) is 0 Å². The molecule has 13 heavy (non-hydrogen) atoms. The molecule has 0 amide bonds. The van der Waals surface area contributed by atoms with E-state index in [0.29, 0.717) is 0 Å². The number of carbonyl (C=O) groups is 1. The molecule has 3 nitrogen and oxygen atoms in total. The number of hydrogen-bond donors (Lipinski definition) is 2. The first-order valence-electron chi connectivity index (χ1n) is 3.36. The van der Waals surface area contributed by atoms with Gasteiger partial charge in [0, 0.05) is 4.47 Å². The van der Waals surface area contributed by atoms with Crippen LogP contribution in [0.2, 0.25) is 0 Å². The summed E-state index contributed by atoms with van der Waals surface area (Å²) in [4.78, 5) is 10.9. The second-order valence-electron chi connectivity index (χ2n) is 2.47. The molecule has 0 bridgehead atoms. The van der Waals surface area contributed by atoms with Crippen LogP contribution in [0, 0.1) is 5.82 Å². The lowest BCUT2D eigenvalue weighted by Gasteiger charge is -2.05. The predicted octanol–water partition coefficient (Wildman–Crippen LogP) is 2.20. The maximum absolute atomic E-state index is 12.7. The van der Waals surface area contributed by atoms with Crippen molar-refractivity contribution in [2.45, 2.75) is 6.92 Å². The van der Waals surface area contributed by atoms with Crippen molar-refractivity contribution in [3.05, 3.63) is 21.9 Å². The number of phenolic OH excluding ortho intramolecular Hbond substituents is 2. The first-order chi connectivity index (χ1) is 5.95. The summed E-state index contributed by atoms with van der Waals surface area (Å²) < 4.78 is 12.9. The molecule has 0 aliphatic heterocycles. The summed E-state index contributed by atoms with van der Waals surface area (Å²) in [6, 6.07) is 0.922. The van der Waals surface area contributed by atoms with Crippen molar-refractivity contribution in [3.63, 3.8) is 0 Å². The third-order valence-electron chi connectivity index (χ3n) is 1.53. The van der Waals surface area contributed by atoms with E-state index in [4.69, 9.17) is 5.11 Å². The van der Waals surface area contributed by atoms with E-state index in [1.807, 2.05) is 0 Å². The number of phenols is 2. The van der Waals surface area contributed by atoms with Crippen LogP contribution in [0.25, 0.3) is 0 Å². The molecule has 5 heteroatoms. The van der Waals surface area contributed by atoms with Crippen LogP contribution in [0.3, 0.4) is 0 Å². The minimum Gasteiger partial charge on any atom is -0.504 e. The molecule has 0 saturated carbocycles. The Morgan fingerprint density at radius 2 is 2.00 bits per heavy atom. The molecule has 0 unspecified atom stereocenters. The van der Waals surface area contributed by atoms with Gasteiger partial charge >= 0.3 is 0 Å². The van der Waals surface area contributed by atoms with Gasteiger partial charge in [-0.2, -0.15) is 0 Å². The van der Waals surface area contributed by atoms with E-state index >= 15 is 0 Å². The number of aromatic hydroxyl groups is 2. The van der Waals surface area contributed by atoms with E-state index in [1.165, 1.54) is 6.92 Å². The van der Waals surface area contributed by atoms with Crippen LogP contribution in [-0.4, -0.2) is 16.0 Å². The average Bonchev–Trinajstić information content (AvgIpc) is 1.99. The Labute approximate surface area is 81.9 Å². The number of Topliss-reactive ketones (excluding diaryl/α,β-unsaturated/α-hetero) is 1. The van der Waals surface area contributed by atoms with E-state index in [0.717, 1.165) is 6.07 Å².